The third kappa shape index (κ3) is 3.41. The van der Waals surface area contributed by atoms with Gasteiger partial charge in [0.1, 0.15) is 0 Å². The van der Waals surface area contributed by atoms with E-state index in [1.165, 1.54) is 0 Å². The molecule has 2 nitrogen and oxygen atoms in total. The van der Waals surface area contributed by atoms with Crippen molar-refractivity contribution in [3.63, 3.8) is 0 Å². The number of benzene rings is 2. The van der Waals surface area contributed by atoms with Gasteiger partial charge in [0.25, 0.3) is 0 Å². The lowest BCUT2D eigenvalue weighted by molar-refractivity contribution is 0.100. The first-order valence-corrected chi connectivity index (χ1v) is 7.63. The summed E-state index contributed by atoms with van der Waals surface area (Å²) in [7, 11) is 0. The minimum atomic E-state index is -0.584. The molecule has 4 heteroatoms. The van der Waals surface area contributed by atoms with E-state index >= 15 is 0 Å². The SMILES string of the molecule is CC(O)C(CN)(Cc1ccc(Cl)c(Cl)c1)c1ccccc1. The molecular weight excluding hydrogens is 305 g/mol. The zero-order chi connectivity index (χ0) is 15.5. The molecule has 0 radical (unpaired) electrons. The van der Waals surface area contributed by atoms with Crippen molar-refractivity contribution in [1.82, 2.24) is 0 Å². The van der Waals surface area contributed by atoms with Gasteiger partial charge in [-0.05, 0) is 36.6 Å². The number of hydrogen-bond acceptors (Lipinski definition) is 2. The van der Waals surface area contributed by atoms with E-state index in [0.717, 1.165) is 11.1 Å². The highest BCUT2D eigenvalue weighted by Gasteiger charge is 2.36. The van der Waals surface area contributed by atoms with E-state index in [9.17, 15) is 5.11 Å². The molecule has 0 bridgehead atoms. The van der Waals surface area contributed by atoms with Gasteiger partial charge in [-0.15, -0.1) is 0 Å². The second kappa shape index (κ2) is 6.80. The molecule has 2 atom stereocenters. The lowest BCUT2D eigenvalue weighted by atomic mass is 9.72. The maximum absolute atomic E-state index is 10.4. The topological polar surface area (TPSA) is 46.2 Å². The minimum Gasteiger partial charge on any atom is -0.392 e. The van der Waals surface area contributed by atoms with Crippen LogP contribution in [0.5, 0.6) is 0 Å². The van der Waals surface area contributed by atoms with Crippen molar-refractivity contribution in [3.8, 4) is 0 Å². The fourth-order valence-corrected chi connectivity index (χ4v) is 2.96. The van der Waals surface area contributed by atoms with Gasteiger partial charge < -0.3 is 10.8 Å². The summed E-state index contributed by atoms with van der Waals surface area (Å²) in [5.74, 6) is 0. The predicted molar refractivity (Wildman–Crippen MR) is 89.0 cm³/mol. The normalized spacial score (nSPS) is 15.5. The average Bonchev–Trinajstić information content (AvgIpc) is 2.49. The molecule has 0 saturated heterocycles. The highest BCUT2D eigenvalue weighted by Crippen LogP contribution is 2.33. The van der Waals surface area contributed by atoms with Gasteiger partial charge in [-0.2, -0.15) is 0 Å². The molecule has 0 aliphatic rings. The summed E-state index contributed by atoms with van der Waals surface area (Å²) in [5, 5.41) is 11.4. The van der Waals surface area contributed by atoms with E-state index < -0.39 is 11.5 Å². The molecule has 112 valence electrons. The summed E-state index contributed by atoms with van der Waals surface area (Å²) in [6.07, 6.45) is 0.0153. The zero-order valence-electron chi connectivity index (χ0n) is 11.9. The molecule has 2 unspecified atom stereocenters. The smallest absolute Gasteiger partial charge is 0.0624 e. The van der Waals surface area contributed by atoms with Crippen LogP contribution in [0.3, 0.4) is 0 Å². The van der Waals surface area contributed by atoms with Crippen molar-refractivity contribution in [2.45, 2.75) is 24.9 Å². The number of hydrogen-bond donors (Lipinski definition) is 2. The molecule has 0 saturated carbocycles. The van der Waals surface area contributed by atoms with Crippen LogP contribution < -0.4 is 5.73 Å². The second-order valence-corrected chi connectivity index (χ2v) is 6.14. The summed E-state index contributed by atoms with van der Waals surface area (Å²) in [6.45, 7) is 2.12. The number of rotatable bonds is 5. The van der Waals surface area contributed by atoms with Crippen molar-refractivity contribution < 1.29 is 5.11 Å². The summed E-state index contributed by atoms with van der Waals surface area (Å²) in [5.41, 5.74) is 7.52. The van der Waals surface area contributed by atoms with Crippen molar-refractivity contribution in [2.75, 3.05) is 6.54 Å². The van der Waals surface area contributed by atoms with Gasteiger partial charge in [0.2, 0.25) is 0 Å². The fraction of sp³-hybridized carbons (Fsp3) is 0.294. The third-order valence-corrected chi connectivity index (χ3v) is 4.76. The van der Waals surface area contributed by atoms with Crippen molar-refractivity contribution in [1.29, 1.82) is 0 Å². The Morgan fingerprint density at radius 2 is 1.76 bits per heavy atom. The Balaban J connectivity index is 2.43. The number of aliphatic hydroxyl groups is 1. The minimum absolute atomic E-state index is 0.342. The standard InChI is InChI=1S/C17H19Cl2NO/c1-12(21)17(11-20,14-5-3-2-4-6-14)10-13-7-8-15(18)16(19)9-13/h2-9,12,21H,10-11,20H2,1H3. The van der Waals surface area contributed by atoms with Gasteiger partial charge in [-0.25, -0.2) is 0 Å². The first-order chi connectivity index (χ1) is 9.99. The van der Waals surface area contributed by atoms with Crippen LogP contribution in [-0.2, 0) is 11.8 Å². The molecule has 0 aliphatic carbocycles. The Labute approximate surface area is 135 Å². The van der Waals surface area contributed by atoms with Gasteiger partial charge >= 0.3 is 0 Å². The largest absolute Gasteiger partial charge is 0.392 e. The first kappa shape index (κ1) is 16.3. The molecule has 0 heterocycles. The van der Waals surface area contributed by atoms with E-state index in [2.05, 4.69) is 0 Å². The summed E-state index contributed by atoms with van der Waals surface area (Å²) in [6, 6.07) is 15.4. The Hall–Kier alpha value is -1.06. The second-order valence-electron chi connectivity index (χ2n) is 5.33. The highest BCUT2D eigenvalue weighted by atomic mass is 35.5. The van der Waals surface area contributed by atoms with Crippen molar-refractivity contribution >= 4 is 23.2 Å². The molecule has 0 spiro atoms. The lowest BCUT2D eigenvalue weighted by Gasteiger charge is -2.36. The molecular formula is C17H19Cl2NO. The van der Waals surface area contributed by atoms with E-state index in [1.807, 2.05) is 42.5 Å². The van der Waals surface area contributed by atoms with E-state index in [4.69, 9.17) is 28.9 Å². The molecule has 2 aromatic rings. The molecule has 0 aromatic heterocycles. The zero-order valence-corrected chi connectivity index (χ0v) is 13.4. The van der Waals surface area contributed by atoms with Crippen LogP contribution in [0.2, 0.25) is 10.0 Å². The van der Waals surface area contributed by atoms with Gasteiger partial charge in [0, 0.05) is 12.0 Å². The number of aliphatic hydroxyl groups excluding tert-OH is 1. The van der Waals surface area contributed by atoms with Crippen molar-refractivity contribution in [2.24, 2.45) is 5.73 Å². The van der Waals surface area contributed by atoms with Gasteiger partial charge in [0.05, 0.1) is 16.1 Å². The molecule has 3 N–H and O–H groups in total. The van der Waals surface area contributed by atoms with Crippen LogP contribution >= 0.6 is 23.2 Å². The molecule has 2 aromatic carbocycles. The quantitative estimate of drug-likeness (QED) is 0.878. The van der Waals surface area contributed by atoms with Crippen LogP contribution in [0.4, 0.5) is 0 Å². The maximum atomic E-state index is 10.4. The molecule has 0 amide bonds. The highest BCUT2D eigenvalue weighted by molar-refractivity contribution is 6.42. The van der Waals surface area contributed by atoms with Crippen LogP contribution in [0.25, 0.3) is 0 Å². The number of nitrogens with two attached hydrogens (primary N) is 1. The van der Waals surface area contributed by atoms with Crippen LogP contribution in [0.15, 0.2) is 48.5 Å². The third-order valence-electron chi connectivity index (χ3n) is 4.02. The van der Waals surface area contributed by atoms with E-state index in [-0.39, 0.29) is 0 Å². The van der Waals surface area contributed by atoms with E-state index in [1.54, 1.807) is 13.0 Å². The first-order valence-electron chi connectivity index (χ1n) is 6.87. The summed E-state index contributed by atoms with van der Waals surface area (Å²) >= 11 is 12.0. The van der Waals surface area contributed by atoms with Gasteiger partial charge in [-0.3, -0.25) is 0 Å². The average molecular weight is 324 g/mol. The Morgan fingerprint density at radius 3 is 2.29 bits per heavy atom. The monoisotopic (exact) mass is 323 g/mol. The summed E-state index contributed by atoms with van der Waals surface area (Å²) in [4.78, 5) is 0. The molecule has 0 aliphatic heterocycles. The fourth-order valence-electron chi connectivity index (χ4n) is 2.64. The Morgan fingerprint density at radius 1 is 1.10 bits per heavy atom. The van der Waals surface area contributed by atoms with Crippen LogP contribution in [0, 0.1) is 0 Å². The number of halogens is 2. The van der Waals surface area contributed by atoms with Crippen molar-refractivity contribution in [3.05, 3.63) is 69.7 Å². The lowest BCUT2D eigenvalue weighted by Crippen LogP contribution is -2.46. The van der Waals surface area contributed by atoms with Gasteiger partial charge in [0.15, 0.2) is 0 Å². The Kier molecular flexibility index (Phi) is 5.28. The molecule has 2 rings (SSSR count). The summed E-state index contributed by atoms with van der Waals surface area (Å²) < 4.78 is 0. The van der Waals surface area contributed by atoms with E-state index in [0.29, 0.717) is 23.0 Å². The molecule has 21 heavy (non-hydrogen) atoms. The van der Waals surface area contributed by atoms with Crippen LogP contribution in [0.1, 0.15) is 18.1 Å². The van der Waals surface area contributed by atoms with Crippen LogP contribution in [-0.4, -0.2) is 17.8 Å². The van der Waals surface area contributed by atoms with Gasteiger partial charge in [-0.1, -0.05) is 59.6 Å². The maximum Gasteiger partial charge on any atom is 0.0624 e. The molecule has 0 fully saturated rings. The predicted octanol–water partition coefficient (Wildman–Crippen LogP) is 3.81. The Bertz CT molecular complexity index is 601.